The highest BCUT2D eigenvalue weighted by Crippen LogP contribution is 2.43. The highest BCUT2D eigenvalue weighted by Gasteiger charge is 2.25. The smallest absolute Gasteiger partial charge is 0.247 e. The van der Waals surface area contributed by atoms with Crippen LogP contribution in [0.1, 0.15) is 62.3 Å². The molecule has 0 aliphatic heterocycles. The van der Waals surface area contributed by atoms with E-state index in [1.165, 1.54) is 11.1 Å². The van der Waals surface area contributed by atoms with Crippen molar-refractivity contribution in [2.75, 3.05) is 6.61 Å². The van der Waals surface area contributed by atoms with E-state index in [0.717, 1.165) is 45.8 Å². The molecule has 3 aromatic carbocycles. The first-order chi connectivity index (χ1) is 21.9. The lowest BCUT2D eigenvalue weighted by Crippen LogP contribution is -2.19. The standard InChI is InChI=1S/C41H45NO3/c1-6-15-32-26-34(22-24-37(32)44-28-36(17-8-3)41(42)43)39(30-18-11-9-12-19-30)40(31-20-13-10-14-21-31)35-23-25-38(45-29(4)5)33(27-35)16-7-2/h6-7,9-14,17-21,23-27,29,34H,1-2,8,15-16,22,28H2,3-5H3,(H2,42,43)/b36-17-,40-39-. The summed E-state index contributed by atoms with van der Waals surface area (Å²) in [5.41, 5.74) is 14.0. The average molecular weight is 600 g/mol. The summed E-state index contributed by atoms with van der Waals surface area (Å²) in [5.74, 6) is 1.25. The van der Waals surface area contributed by atoms with Gasteiger partial charge < -0.3 is 15.2 Å². The minimum absolute atomic E-state index is 0.0566. The van der Waals surface area contributed by atoms with Crippen LogP contribution in [0, 0.1) is 5.92 Å². The molecule has 1 aliphatic carbocycles. The van der Waals surface area contributed by atoms with E-state index in [9.17, 15) is 4.79 Å². The third-order valence-electron chi connectivity index (χ3n) is 7.65. The molecular weight excluding hydrogens is 554 g/mol. The predicted molar refractivity (Wildman–Crippen MR) is 188 cm³/mol. The lowest BCUT2D eigenvalue weighted by Gasteiger charge is -2.28. The molecule has 4 nitrogen and oxygen atoms in total. The Morgan fingerprint density at radius 2 is 1.60 bits per heavy atom. The van der Waals surface area contributed by atoms with Crippen molar-refractivity contribution in [3.63, 3.8) is 0 Å². The zero-order valence-corrected chi connectivity index (χ0v) is 26.8. The fraction of sp³-hybridized carbons (Fsp3) is 0.244. The van der Waals surface area contributed by atoms with E-state index in [1.54, 1.807) is 0 Å². The van der Waals surface area contributed by atoms with Crippen LogP contribution in [-0.4, -0.2) is 18.6 Å². The molecule has 0 saturated carbocycles. The maximum Gasteiger partial charge on any atom is 0.247 e. The molecule has 232 valence electrons. The molecule has 0 fully saturated rings. The molecule has 4 heteroatoms. The summed E-state index contributed by atoms with van der Waals surface area (Å²) in [6.07, 6.45) is 12.9. The zero-order valence-electron chi connectivity index (χ0n) is 26.8. The fourth-order valence-electron chi connectivity index (χ4n) is 5.73. The summed E-state index contributed by atoms with van der Waals surface area (Å²) in [5, 5.41) is 0. The summed E-state index contributed by atoms with van der Waals surface area (Å²) in [6, 6.07) is 27.7. The average Bonchev–Trinajstić information content (AvgIpc) is 3.04. The molecule has 1 unspecified atom stereocenters. The van der Waals surface area contributed by atoms with Crippen molar-refractivity contribution in [2.45, 2.75) is 52.6 Å². The van der Waals surface area contributed by atoms with Gasteiger partial charge in [0.15, 0.2) is 0 Å². The number of carbonyl (C=O) groups is 1. The summed E-state index contributed by atoms with van der Waals surface area (Å²) in [7, 11) is 0. The third kappa shape index (κ3) is 8.63. The maximum atomic E-state index is 12.0. The topological polar surface area (TPSA) is 61.6 Å². The van der Waals surface area contributed by atoms with E-state index in [1.807, 2.05) is 39.0 Å². The quantitative estimate of drug-likeness (QED) is 0.108. The monoisotopic (exact) mass is 599 g/mol. The van der Waals surface area contributed by atoms with Crippen LogP contribution in [0.3, 0.4) is 0 Å². The number of primary amides is 1. The van der Waals surface area contributed by atoms with Crippen LogP contribution in [0.4, 0.5) is 0 Å². The Balaban J connectivity index is 1.91. The highest BCUT2D eigenvalue weighted by molar-refractivity contribution is 6.00. The number of rotatable bonds is 15. The molecule has 1 atom stereocenters. The molecule has 0 radical (unpaired) electrons. The second-order valence-corrected chi connectivity index (χ2v) is 11.4. The summed E-state index contributed by atoms with van der Waals surface area (Å²) < 4.78 is 12.4. The van der Waals surface area contributed by atoms with Crippen LogP contribution < -0.4 is 10.5 Å². The molecule has 45 heavy (non-hydrogen) atoms. The summed E-state index contributed by atoms with van der Waals surface area (Å²) in [4.78, 5) is 12.0. The molecule has 0 heterocycles. The Labute approximate surface area is 269 Å². The van der Waals surface area contributed by atoms with Gasteiger partial charge in [0.1, 0.15) is 18.1 Å². The van der Waals surface area contributed by atoms with E-state index in [-0.39, 0.29) is 18.6 Å². The van der Waals surface area contributed by atoms with Crippen molar-refractivity contribution >= 4 is 17.1 Å². The van der Waals surface area contributed by atoms with Gasteiger partial charge in [-0.25, -0.2) is 0 Å². The van der Waals surface area contributed by atoms with Gasteiger partial charge in [0.2, 0.25) is 5.91 Å². The first-order valence-electron chi connectivity index (χ1n) is 15.8. The second-order valence-electron chi connectivity index (χ2n) is 11.4. The Morgan fingerprint density at radius 3 is 2.20 bits per heavy atom. The van der Waals surface area contributed by atoms with E-state index >= 15 is 0 Å². The van der Waals surface area contributed by atoms with E-state index in [2.05, 4.69) is 104 Å². The van der Waals surface area contributed by atoms with Crippen LogP contribution in [-0.2, 0) is 16.0 Å². The van der Waals surface area contributed by atoms with Crippen molar-refractivity contribution in [3.05, 3.63) is 162 Å². The van der Waals surface area contributed by atoms with E-state index < -0.39 is 5.91 Å². The molecule has 0 saturated heterocycles. The molecule has 0 spiro atoms. The summed E-state index contributed by atoms with van der Waals surface area (Å²) >= 11 is 0. The van der Waals surface area contributed by atoms with E-state index in [0.29, 0.717) is 24.8 Å². The van der Waals surface area contributed by atoms with Gasteiger partial charge in [-0.15, -0.1) is 13.2 Å². The molecule has 1 amide bonds. The van der Waals surface area contributed by atoms with Gasteiger partial charge in [-0.1, -0.05) is 98.0 Å². The van der Waals surface area contributed by atoms with Crippen molar-refractivity contribution in [1.82, 2.24) is 0 Å². The zero-order chi connectivity index (χ0) is 32.2. The molecule has 1 aliphatic rings. The number of benzene rings is 3. The van der Waals surface area contributed by atoms with Crippen molar-refractivity contribution in [3.8, 4) is 5.75 Å². The molecule has 0 bridgehead atoms. The van der Waals surface area contributed by atoms with Gasteiger partial charge in [-0.2, -0.15) is 0 Å². The Hall–Kier alpha value is -4.83. The number of hydrogen-bond acceptors (Lipinski definition) is 3. The van der Waals surface area contributed by atoms with Crippen LogP contribution in [0.25, 0.3) is 11.1 Å². The van der Waals surface area contributed by atoms with Gasteiger partial charge in [0.25, 0.3) is 0 Å². The Kier molecular flexibility index (Phi) is 12.0. The van der Waals surface area contributed by atoms with Crippen molar-refractivity contribution in [1.29, 1.82) is 0 Å². The maximum absolute atomic E-state index is 12.0. The van der Waals surface area contributed by atoms with Gasteiger partial charge in [0.05, 0.1) is 6.10 Å². The minimum Gasteiger partial charge on any atom is -0.491 e. The number of ether oxygens (including phenoxy) is 2. The highest BCUT2D eigenvalue weighted by atomic mass is 16.5. The summed E-state index contributed by atoms with van der Waals surface area (Å²) in [6.45, 7) is 14.2. The van der Waals surface area contributed by atoms with Crippen LogP contribution in [0.15, 0.2) is 139 Å². The van der Waals surface area contributed by atoms with Gasteiger partial charge in [-0.3, -0.25) is 4.79 Å². The van der Waals surface area contributed by atoms with E-state index in [4.69, 9.17) is 15.2 Å². The van der Waals surface area contributed by atoms with Crippen LogP contribution in [0.2, 0.25) is 0 Å². The van der Waals surface area contributed by atoms with Crippen LogP contribution >= 0.6 is 0 Å². The Morgan fingerprint density at radius 1 is 0.933 bits per heavy atom. The predicted octanol–water partition coefficient (Wildman–Crippen LogP) is 9.41. The molecule has 2 N–H and O–H groups in total. The number of amides is 1. The lowest BCUT2D eigenvalue weighted by molar-refractivity contribution is -0.115. The number of nitrogens with two attached hydrogens (primary N) is 1. The first-order valence-corrected chi connectivity index (χ1v) is 15.8. The molecule has 4 rings (SSSR count). The van der Waals surface area contributed by atoms with Crippen LogP contribution in [0.5, 0.6) is 5.75 Å². The fourth-order valence-corrected chi connectivity index (χ4v) is 5.73. The van der Waals surface area contributed by atoms with Crippen molar-refractivity contribution in [2.24, 2.45) is 11.7 Å². The number of hydrogen-bond donors (Lipinski definition) is 1. The molecule has 3 aromatic rings. The minimum atomic E-state index is -0.456. The number of allylic oxidation sites excluding steroid dienone is 7. The molecule has 0 aromatic heterocycles. The first kappa shape index (κ1) is 33.1. The van der Waals surface area contributed by atoms with Gasteiger partial charge >= 0.3 is 0 Å². The molecular formula is C41H45NO3. The SMILES string of the molecule is C=CCC1=CC(/C(=C(/c2ccccc2)c2ccc(OC(C)C)c(CC=C)c2)c2ccccc2)CC=C1OC/C(=C/CC)C(N)=O. The lowest BCUT2D eigenvalue weighted by atomic mass is 9.78. The van der Waals surface area contributed by atoms with Crippen molar-refractivity contribution < 1.29 is 14.3 Å². The van der Waals surface area contributed by atoms with Gasteiger partial charge in [-0.05, 0) is 96.7 Å². The van der Waals surface area contributed by atoms with Gasteiger partial charge in [0, 0.05) is 11.5 Å². The second kappa shape index (κ2) is 16.3. The number of carbonyl (C=O) groups excluding carboxylic acids is 1. The Bertz CT molecular complexity index is 1610. The largest absolute Gasteiger partial charge is 0.491 e. The third-order valence-corrected chi connectivity index (χ3v) is 7.65. The normalized spacial score (nSPS) is 15.5.